The van der Waals surface area contributed by atoms with Gasteiger partial charge in [0.15, 0.2) is 0 Å². The monoisotopic (exact) mass is 435 g/mol. The molecule has 1 aliphatic heterocycles. The van der Waals surface area contributed by atoms with Crippen LogP contribution in [0.25, 0.3) is 4.96 Å². The van der Waals surface area contributed by atoms with E-state index in [9.17, 15) is 9.90 Å². The highest BCUT2D eigenvalue weighted by atomic mass is 35.5. The molecular weight excluding hydrogens is 414 g/mol. The van der Waals surface area contributed by atoms with Gasteiger partial charge >= 0.3 is 6.09 Å². The quantitative estimate of drug-likeness (QED) is 0.676. The summed E-state index contributed by atoms with van der Waals surface area (Å²) in [6, 6.07) is 7.36. The maximum absolute atomic E-state index is 12.0. The van der Waals surface area contributed by atoms with Gasteiger partial charge < -0.3 is 14.7 Å². The zero-order chi connectivity index (χ0) is 20.5. The Morgan fingerprint density at radius 1 is 1.31 bits per heavy atom. The molecule has 0 saturated carbocycles. The van der Waals surface area contributed by atoms with E-state index >= 15 is 0 Å². The van der Waals surface area contributed by atoms with E-state index in [0.717, 1.165) is 10.4 Å². The maximum Gasteiger partial charge on any atom is 0.409 e. The third-order valence-electron chi connectivity index (χ3n) is 4.96. The minimum atomic E-state index is -0.293. The van der Waals surface area contributed by atoms with Crippen molar-refractivity contribution >= 4 is 34.0 Å². The largest absolute Gasteiger partial charge is 0.492 e. The van der Waals surface area contributed by atoms with E-state index in [1.807, 2.05) is 24.3 Å². The van der Waals surface area contributed by atoms with Crippen molar-refractivity contribution in [3.8, 4) is 5.88 Å². The molecule has 2 aromatic heterocycles. The van der Waals surface area contributed by atoms with Gasteiger partial charge in [0.05, 0.1) is 17.5 Å². The molecule has 0 bridgehead atoms. The molecule has 1 N–H and O–H groups in total. The first-order valence-corrected chi connectivity index (χ1v) is 10.6. The van der Waals surface area contributed by atoms with Crippen molar-refractivity contribution in [3.63, 3.8) is 0 Å². The molecule has 4 rings (SSSR count). The number of aryl methyl sites for hydroxylation is 1. The van der Waals surface area contributed by atoms with Crippen LogP contribution in [0.15, 0.2) is 24.3 Å². The predicted octanol–water partition coefficient (Wildman–Crippen LogP) is 3.32. The van der Waals surface area contributed by atoms with E-state index in [1.54, 1.807) is 18.7 Å². The molecule has 1 fully saturated rings. The SMILES string of the molecule is CCOC(=O)N1CCN([C@@H](c2ccccc2Cl)c2sc3nc(C)nn3c2O)CC1. The Labute approximate surface area is 177 Å². The first kappa shape index (κ1) is 19.9. The summed E-state index contributed by atoms with van der Waals surface area (Å²) < 4.78 is 6.58. The summed E-state index contributed by atoms with van der Waals surface area (Å²) in [6.45, 7) is 6.28. The van der Waals surface area contributed by atoms with Gasteiger partial charge in [-0.2, -0.15) is 4.52 Å². The van der Waals surface area contributed by atoms with Gasteiger partial charge in [0.25, 0.3) is 0 Å². The van der Waals surface area contributed by atoms with Gasteiger partial charge in [0.2, 0.25) is 10.8 Å². The second kappa shape index (κ2) is 8.17. The fourth-order valence-electron chi connectivity index (χ4n) is 3.60. The van der Waals surface area contributed by atoms with Crippen LogP contribution in [0.2, 0.25) is 5.02 Å². The van der Waals surface area contributed by atoms with Crippen molar-refractivity contribution < 1.29 is 14.6 Å². The van der Waals surface area contributed by atoms with E-state index in [4.69, 9.17) is 16.3 Å². The lowest BCUT2D eigenvalue weighted by molar-refractivity contribution is 0.0715. The molecule has 1 aromatic carbocycles. The molecule has 0 spiro atoms. The average Bonchev–Trinajstić information content (AvgIpc) is 3.22. The molecule has 1 saturated heterocycles. The van der Waals surface area contributed by atoms with Crippen molar-refractivity contribution in [1.82, 2.24) is 24.4 Å². The van der Waals surface area contributed by atoms with Crippen LogP contribution in [0.3, 0.4) is 0 Å². The van der Waals surface area contributed by atoms with Crippen LogP contribution in [-0.4, -0.2) is 68.4 Å². The molecular formula is C19H22ClN5O3S. The zero-order valence-corrected chi connectivity index (χ0v) is 17.8. The number of ether oxygens (including phenoxy) is 1. The van der Waals surface area contributed by atoms with Gasteiger partial charge in [-0.1, -0.05) is 41.1 Å². The van der Waals surface area contributed by atoms with Crippen LogP contribution in [0.5, 0.6) is 5.88 Å². The van der Waals surface area contributed by atoms with Gasteiger partial charge in [0.1, 0.15) is 5.82 Å². The summed E-state index contributed by atoms with van der Waals surface area (Å²) in [5.41, 5.74) is 0.898. The molecule has 29 heavy (non-hydrogen) atoms. The van der Waals surface area contributed by atoms with Crippen LogP contribution in [0.4, 0.5) is 4.79 Å². The van der Waals surface area contributed by atoms with Gasteiger partial charge in [-0.25, -0.2) is 9.78 Å². The van der Waals surface area contributed by atoms with Crippen molar-refractivity contribution in [2.75, 3.05) is 32.8 Å². The molecule has 1 atom stereocenters. The minimum Gasteiger partial charge on any atom is -0.492 e. The Balaban J connectivity index is 1.69. The predicted molar refractivity (Wildman–Crippen MR) is 111 cm³/mol. The number of aromatic nitrogens is 3. The van der Waals surface area contributed by atoms with E-state index < -0.39 is 0 Å². The molecule has 154 valence electrons. The first-order valence-electron chi connectivity index (χ1n) is 9.44. The van der Waals surface area contributed by atoms with Crippen molar-refractivity contribution in [1.29, 1.82) is 0 Å². The lowest BCUT2D eigenvalue weighted by atomic mass is 10.0. The summed E-state index contributed by atoms with van der Waals surface area (Å²) in [5, 5.41) is 15.8. The smallest absolute Gasteiger partial charge is 0.409 e. The Morgan fingerprint density at radius 3 is 2.69 bits per heavy atom. The number of hydrogen-bond donors (Lipinski definition) is 1. The molecule has 1 amide bonds. The van der Waals surface area contributed by atoms with Crippen molar-refractivity contribution in [2.24, 2.45) is 0 Å². The second-order valence-electron chi connectivity index (χ2n) is 6.79. The van der Waals surface area contributed by atoms with Crippen LogP contribution in [0, 0.1) is 6.92 Å². The minimum absolute atomic E-state index is 0.0725. The van der Waals surface area contributed by atoms with Crippen LogP contribution in [-0.2, 0) is 4.74 Å². The molecule has 0 aliphatic carbocycles. The Morgan fingerprint density at radius 2 is 2.03 bits per heavy atom. The fourth-order valence-corrected chi connectivity index (χ4v) is 5.00. The van der Waals surface area contributed by atoms with Gasteiger partial charge in [-0.3, -0.25) is 4.90 Å². The average molecular weight is 436 g/mol. The number of thiazole rings is 1. The Hall–Kier alpha value is -2.36. The number of hydrogen-bond acceptors (Lipinski definition) is 7. The number of carbonyl (C=O) groups excluding carboxylic acids is 1. The Kier molecular flexibility index (Phi) is 5.62. The van der Waals surface area contributed by atoms with E-state index in [-0.39, 0.29) is 18.0 Å². The summed E-state index contributed by atoms with van der Waals surface area (Å²) in [7, 11) is 0. The van der Waals surface area contributed by atoms with E-state index in [1.165, 1.54) is 15.9 Å². The topological polar surface area (TPSA) is 83.2 Å². The number of amides is 1. The van der Waals surface area contributed by atoms with Crippen LogP contribution < -0.4 is 0 Å². The normalized spacial score (nSPS) is 16.3. The standard InChI is InChI=1S/C19H22ClN5O3S/c1-3-28-19(27)24-10-8-23(9-11-24)15(13-6-4-5-7-14(13)20)16-17(26)25-18(29-16)21-12(2)22-25/h4-7,15,26H,3,8-11H2,1-2H3/t15-/m0/s1. The number of nitrogens with zero attached hydrogens (tertiary/aromatic N) is 5. The van der Waals surface area contributed by atoms with E-state index in [0.29, 0.717) is 48.6 Å². The maximum atomic E-state index is 12.0. The molecule has 3 heterocycles. The van der Waals surface area contributed by atoms with Gasteiger partial charge in [-0.05, 0) is 25.5 Å². The Bertz CT molecular complexity index is 1030. The lowest BCUT2D eigenvalue weighted by Crippen LogP contribution is -2.50. The zero-order valence-electron chi connectivity index (χ0n) is 16.2. The molecule has 8 nitrogen and oxygen atoms in total. The molecule has 1 aliphatic rings. The number of carbonyl (C=O) groups is 1. The number of halogens is 1. The third kappa shape index (κ3) is 3.77. The molecule has 10 heteroatoms. The first-order chi connectivity index (χ1) is 14.0. The molecule has 0 unspecified atom stereocenters. The number of aromatic hydroxyl groups is 1. The van der Waals surface area contributed by atoms with Crippen LogP contribution >= 0.6 is 22.9 Å². The van der Waals surface area contributed by atoms with Crippen LogP contribution in [0.1, 0.15) is 29.2 Å². The molecule has 3 aromatic rings. The summed E-state index contributed by atoms with van der Waals surface area (Å²) >= 11 is 7.93. The number of piperazine rings is 1. The second-order valence-corrected chi connectivity index (χ2v) is 8.21. The highest BCUT2D eigenvalue weighted by Crippen LogP contribution is 2.42. The summed E-state index contributed by atoms with van der Waals surface area (Å²) in [4.78, 5) is 21.7. The van der Waals surface area contributed by atoms with Crippen molar-refractivity contribution in [2.45, 2.75) is 19.9 Å². The van der Waals surface area contributed by atoms with Gasteiger partial charge in [0, 0.05) is 31.2 Å². The summed E-state index contributed by atoms with van der Waals surface area (Å²) in [5.74, 6) is 0.679. The third-order valence-corrected chi connectivity index (χ3v) is 6.38. The number of rotatable bonds is 4. The summed E-state index contributed by atoms with van der Waals surface area (Å²) in [6.07, 6.45) is -0.293. The number of fused-ring (bicyclic) bond motifs is 1. The molecule has 0 radical (unpaired) electrons. The highest BCUT2D eigenvalue weighted by molar-refractivity contribution is 7.17. The van der Waals surface area contributed by atoms with E-state index in [2.05, 4.69) is 15.0 Å². The highest BCUT2D eigenvalue weighted by Gasteiger charge is 2.33. The van der Waals surface area contributed by atoms with Gasteiger partial charge in [-0.15, -0.1) is 5.10 Å². The van der Waals surface area contributed by atoms with Crippen molar-refractivity contribution in [3.05, 3.63) is 45.6 Å². The lowest BCUT2D eigenvalue weighted by Gasteiger charge is -2.38. The fraction of sp³-hybridized carbons (Fsp3) is 0.421. The number of benzene rings is 1.